The predicted octanol–water partition coefficient (Wildman–Crippen LogP) is 3.79. The van der Waals surface area contributed by atoms with E-state index >= 15 is 0 Å². The van der Waals surface area contributed by atoms with Crippen LogP contribution in [0.5, 0.6) is 0 Å². The van der Waals surface area contributed by atoms with E-state index in [9.17, 15) is 0 Å². The lowest BCUT2D eigenvalue weighted by molar-refractivity contribution is 0.582. The third-order valence-electron chi connectivity index (χ3n) is 2.85. The Bertz CT molecular complexity index is 428. The highest BCUT2D eigenvalue weighted by molar-refractivity contribution is 5.61. The SMILES string of the molecule is CC(C)N(C)c1ccc(-c2ccco2)cc1. The standard InChI is InChI=1S/C14H17NO/c1-11(2)15(3)13-8-6-12(7-9-13)14-5-4-10-16-14/h4-11H,1-3H3. The Kier molecular flexibility index (Phi) is 3.00. The van der Waals surface area contributed by atoms with E-state index in [2.05, 4.69) is 50.1 Å². The fourth-order valence-electron chi connectivity index (χ4n) is 1.60. The van der Waals surface area contributed by atoms with Gasteiger partial charge in [0.2, 0.25) is 0 Å². The summed E-state index contributed by atoms with van der Waals surface area (Å²) in [6, 6.07) is 12.8. The predicted molar refractivity (Wildman–Crippen MR) is 67.7 cm³/mol. The van der Waals surface area contributed by atoms with Crippen molar-refractivity contribution in [3.05, 3.63) is 42.7 Å². The quantitative estimate of drug-likeness (QED) is 0.774. The van der Waals surface area contributed by atoms with E-state index in [1.807, 2.05) is 12.1 Å². The van der Waals surface area contributed by atoms with Crippen LogP contribution in [0.1, 0.15) is 13.8 Å². The molecule has 0 saturated heterocycles. The minimum Gasteiger partial charge on any atom is -0.464 e. The van der Waals surface area contributed by atoms with Crippen molar-refractivity contribution in [3.63, 3.8) is 0 Å². The van der Waals surface area contributed by atoms with Gasteiger partial charge in [0, 0.05) is 24.3 Å². The third-order valence-corrected chi connectivity index (χ3v) is 2.85. The van der Waals surface area contributed by atoms with Crippen molar-refractivity contribution in [2.45, 2.75) is 19.9 Å². The first-order valence-electron chi connectivity index (χ1n) is 5.55. The lowest BCUT2D eigenvalue weighted by atomic mass is 10.1. The zero-order chi connectivity index (χ0) is 11.5. The maximum atomic E-state index is 5.35. The molecule has 0 unspecified atom stereocenters. The molecule has 0 atom stereocenters. The van der Waals surface area contributed by atoms with Gasteiger partial charge in [-0.25, -0.2) is 0 Å². The van der Waals surface area contributed by atoms with Crippen molar-refractivity contribution < 1.29 is 4.42 Å². The molecule has 2 aromatic rings. The smallest absolute Gasteiger partial charge is 0.133 e. The van der Waals surface area contributed by atoms with Crippen LogP contribution in [0.2, 0.25) is 0 Å². The molecule has 2 heteroatoms. The van der Waals surface area contributed by atoms with Crippen LogP contribution in [0.15, 0.2) is 47.1 Å². The van der Waals surface area contributed by atoms with Gasteiger partial charge in [-0.1, -0.05) is 0 Å². The molecule has 0 fully saturated rings. The Balaban J connectivity index is 2.23. The van der Waals surface area contributed by atoms with Gasteiger partial charge in [-0.05, 0) is 50.2 Å². The summed E-state index contributed by atoms with van der Waals surface area (Å²) >= 11 is 0. The summed E-state index contributed by atoms with van der Waals surface area (Å²) in [4.78, 5) is 2.24. The van der Waals surface area contributed by atoms with E-state index < -0.39 is 0 Å². The summed E-state index contributed by atoms with van der Waals surface area (Å²) in [7, 11) is 2.10. The Morgan fingerprint density at radius 2 is 1.75 bits per heavy atom. The molecule has 1 heterocycles. The molecule has 2 rings (SSSR count). The second kappa shape index (κ2) is 4.44. The monoisotopic (exact) mass is 215 g/mol. The van der Waals surface area contributed by atoms with E-state index in [4.69, 9.17) is 4.42 Å². The lowest BCUT2D eigenvalue weighted by Crippen LogP contribution is -2.25. The summed E-state index contributed by atoms with van der Waals surface area (Å²) in [5.41, 5.74) is 2.34. The van der Waals surface area contributed by atoms with Crippen LogP contribution in [0.3, 0.4) is 0 Å². The molecule has 0 aliphatic rings. The Hall–Kier alpha value is -1.70. The van der Waals surface area contributed by atoms with E-state index in [1.54, 1.807) is 6.26 Å². The molecule has 16 heavy (non-hydrogen) atoms. The van der Waals surface area contributed by atoms with Crippen LogP contribution in [0.4, 0.5) is 5.69 Å². The number of nitrogens with zero attached hydrogens (tertiary/aromatic N) is 1. The van der Waals surface area contributed by atoms with Crippen LogP contribution in [0, 0.1) is 0 Å². The van der Waals surface area contributed by atoms with Gasteiger partial charge in [-0.15, -0.1) is 0 Å². The molecule has 0 bridgehead atoms. The Labute approximate surface area is 96.5 Å². The topological polar surface area (TPSA) is 16.4 Å². The molecular formula is C14H17NO. The minimum absolute atomic E-state index is 0.509. The summed E-state index contributed by atoms with van der Waals surface area (Å²) in [5.74, 6) is 0.916. The van der Waals surface area contributed by atoms with Crippen molar-refractivity contribution in [1.29, 1.82) is 0 Å². The molecular weight excluding hydrogens is 198 g/mol. The summed E-state index contributed by atoms with van der Waals surface area (Å²) in [6.07, 6.45) is 1.70. The highest BCUT2D eigenvalue weighted by Crippen LogP contribution is 2.23. The number of furan rings is 1. The van der Waals surface area contributed by atoms with Crippen molar-refractivity contribution in [2.24, 2.45) is 0 Å². The lowest BCUT2D eigenvalue weighted by Gasteiger charge is -2.23. The number of hydrogen-bond donors (Lipinski definition) is 0. The number of hydrogen-bond acceptors (Lipinski definition) is 2. The van der Waals surface area contributed by atoms with Gasteiger partial charge in [0.25, 0.3) is 0 Å². The summed E-state index contributed by atoms with van der Waals surface area (Å²) < 4.78 is 5.35. The van der Waals surface area contributed by atoms with Gasteiger partial charge in [-0.2, -0.15) is 0 Å². The highest BCUT2D eigenvalue weighted by atomic mass is 16.3. The zero-order valence-electron chi connectivity index (χ0n) is 9.97. The fraction of sp³-hybridized carbons (Fsp3) is 0.286. The average Bonchev–Trinajstić information content (AvgIpc) is 2.81. The number of rotatable bonds is 3. The molecule has 84 valence electrons. The second-order valence-corrected chi connectivity index (χ2v) is 4.23. The van der Waals surface area contributed by atoms with Gasteiger partial charge in [0.1, 0.15) is 5.76 Å². The molecule has 0 radical (unpaired) electrons. The number of anilines is 1. The molecule has 0 saturated carbocycles. The van der Waals surface area contributed by atoms with Crippen molar-refractivity contribution in [2.75, 3.05) is 11.9 Å². The van der Waals surface area contributed by atoms with E-state index in [1.165, 1.54) is 5.69 Å². The molecule has 0 aliphatic heterocycles. The normalized spacial score (nSPS) is 10.8. The molecule has 0 spiro atoms. The van der Waals surface area contributed by atoms with Crippen LogP contribution >= 0.6 is 0 Å². The first kappa shape index (κ1) is 10.8. The van der Waals surface area contributed by atoms with Gasteiger partial charge in [-0.3, -0.25) is 0 Å². The molecule has 0 amide bonds. The molecule has 0 N–H and O–H groups in total. The van der Waals surface area contributed by atoms with Crippen molar-refractivity contribution in [1.82, 2.24) is 0 Å². The van der Waals surface area contributed by atoms with Gasteiger partial charge in [0.05, 0.1) is 6.26 Å². The van der Waals surface area contributed by atoms with E-state index in [-0.39, 0.29) is 0 Å². The van der Waals surface area contributed by atoms with E-state index in [0.717, 1.165) is 11.3 Å². The maximum absolute atomic E-state index is 5.35. The van der Waals surface area contributed by atoms with Crippen LogP contribution in [-0.2, 0) is 0 Å². The maximum Gasteiger partial charge on any atom is 0.133 e. The minimum atomic E-state index is 0.509. The van der Waals surface area contributed by atoms with Crippen molar-refractivity contribution in [3.8, 4) is 11.3 Å². The summed E-state index contributed by atoms with van der Waals surface area (Å²) in [6.45, 7) is 4.36. The van der Waals surface area contributed by atoms with Crippen LogP contribution in [0.25, 0.3) is 11.3 Å². The van der Waals surface area contributed by atoms with Crippen LogP contribution in [-0.4, -0.2) is 13.1 Å². The van der Waals surface area contributed by atoms with Crippen LogP contribution < -0.4 is 4.90 Å². The molecule has 1 aromatic heterocycles. The van der Waals surface area contributed by atoms with E-state index in [0.29, 0.717) is 6.04 Å². The fourth-order valence-corrected chi connectivity index (χ4v) is 1.60. The second-order valence-electron chi connectivity index (χ2n) is 4.23. The van der Waals surface area contributed by atoms with Gasteiger partial charge < -0.3 is 9.32 Å². The first-order valence-corrected chi connectivity index (χ1v) is 5.55. The van der Waals surface area contributed by atoms with Gasteiger partial charge in [0.15, 0.2) is 0 Å². The highest BCUT2D eigenvalue weighted by Gasteiger charge is 2.05. The van der Waals surface area contributed by atoms with Crippen molar-refractivity contribution >= 4 is 5.69 Å². The first-order chi connectivity index (χ1) is 7.68. The number of benzene rings is 1. The van der Waals surface area contributed by atoms with Gasteiger partial charge >= 0.3 is 0 Å². The summed E-state index contributed by atoms with van der Waals surface area (Å²) in [5, 5.41) is 0. The molecule has 2 nitrogen and oxygen atoms in total. The molecule has 0 aliphatic carbocycles. The Morgan fingerprint density at radius 3 is 2.25 bits per heavy atom. The third kappa shape index (κ3) is 2.11. The average molecular weight is 215 g/mol. The largest absolute Gasteiger partial charge is 0.464 e. The Morgan fingerprint density at radius 1 is 1.06 bits per heavy atom. The zero-order valence-corrected chi connectivity index (χ0v) is 9.97. The molecule has 1 aromatic carbocycles.